The molecule has 4 rings (SSSR count). The minimum Gasteiger partial charge on any atom is -0.315 e. The van der Waals surface area contributed by atoms with Gasteiger partial charge in [-0.1, -0.05) is 0 Å². The lowest BCUT2D eigenvalue weighted by Crippen LogP contribution is -2.37. The van der Waals surface area contributed by atoms with Crippen molar-refractivity contribution in [2.24, 2.45) is 14.1 Å². The molecule has 33 heavy (non-hydrogen) atoms. The van der Waals surface area contributed by atoms with Gasteiger partial charge in [0.15, 0.2) is 11.2 Å². The third-order valence-electron chi connectivity index (χ3n) is 5.70. The molecule has 1 aromatic carbocycles. The summed E-state index contributed by atoms with van der Waals surface area (Å²) in [4.78, 5) is 41.8. The molecule has 0 spiro atoms. The summed E-state index contributed by atoms with van der Waals surface area (Å²) in [5, 5.41) is 12.4. The van der Waals surface area contributed by atoms with Gasteiger partial charge in [0.05, 0.1) is 11.9 Å². The first-order chi connectivity index (χ1) is 15.6. The van der Waals surface area contributed by atoms with Gasteiger partial charge < -0.3 is 9.88 Å². The van der Waals surface area contributed by atoms with Crippen molar-refractivity contribution in [3.8, 4) is 11.8 Å². The Kier molecular flexibility index (Phi) is 5.21. The van der Waals surface area contributed by atoms with Gasteiger partial charge in [-0.15, -0.1) is 0 Å². The van der Waals surface area contributed by atoms with Gasteiger partial charge in [-0.3, -0.25) is 23.3 Å². The summed E-state index contributed by atoms with van der Waals surface area (Å²) >= 11 is 0. The number of carbonyl (C=O) groups excluding carboxylic acids is 1. The number of aryl methyl sites for hydroxylation is 1. The highest BCUT2D eigenvalue weighted by Crippen LogP contribution is 2.30. The molecule has 0 fully saturated rings. The second-order valence-electron chi connectivity index (χ2n) is 7.66. The Labute approximate surface area is 186 Å². The van der Waals surface area contributed by atoms with E-state index in [9.17, 15) is 24.0 Å². The smallest absolute Gasteiger partial charge is 0.315 e. The van der Waals surface area contributed by atoms with Crippen LogP contribution < -0.4 is 16.6 Å². The quantitative estimate of drug-likeness (QED) is 0.506. The number of carbonyl (C=O) groups is 1. The first-order valence-corrected chi connectivity index (χ1v) is 9.94. The fraction of sp³-hybridized carbons (Fsp3) is 0.227. The Morgan fingerprint density at radius 3 is 2.45 bits per heavy atom. The van der Waals surface area contributed by atoms with Crippen molar-refractivity contribution in [3.63, 3.8) is 0 Å². The van der Waals surface area contributed by atoms with Crippen LogP contribution in [0.3, 0.4) is 0 Å². The number of amides is 1. The first-order valence-electron chi connectivity index (χ1n) is 9.94. The standard InChI is InChI=1S/C22H20FN7O3/c1-12-13(2)30(15-7-5-14(23)6-8-15)19(16(12)9-24)26-17(31)10-29-11-25-20-18(29)21(32)28(4)22(33)27(20)3/h5-8,11H,10H2,1-4H3,(H,26,31). The van der Waals surface area contributed by atoms with E-state index in [0.29, 0.717) is 16.9 Å². The Hall–Kier alpha value is -4.46. The van der Waals surface area contributed by atoms with Crippen LogP contribution in [-0.2, 0) is 25.4 Å². The molecule has 3 heterocycles. The second kappa shape index (κ2) is 7.90. The normalized spacial score (nSPS) is 11.0. The van der Waals surface area contributed by atoms with Gasteiger partial charge in [-0.2, -0.15) is 5.26 Å². The first kappa shape index (κ1) is 21.8. The monoisotopic (exact) mass is 449 g/mol. The van der Waals surface area contributed by atoms with E-state index in [4.69, 9.17) is 0 Å². The Bertz CT molecular complexity index is 1580. The van der Waals surface area contributed by atoms with Crippen molar-refractivity contribution in [1.29, 1.82) is 5.26 Å². The molecular weight excluding hydrogens is 429 g/mol. The number of fused-ring (bicyclic) bond motifs is 1. The number of anilines is 1. The summed E-state index contributed by atoms with van der Waals surface area (Å²) in [6, 6.07) is 7.79. The summed E-state index contributed by atoms with van der Waals surface area (Å²) < 4.78 is 18.6. The third-order valence-corrected chi connectivity index (χ3v) is 5.70. The van der Waals surface area contributed by atoms with Crippen LogP contribution >= 0.6 is 0 Å². The molecule has 1 N–H and O–H groups in total. The van der Waals surface area contributed by atoms with Crippen molar-refractivity contribution >= 4 is 22.9 Å². The minimum atomic E-state index is -0.572. The van der Waals surface area contributed by atoms with E-state index in [1.54, 1.807) is 30.5 Å². The van der Waals surface area contributed by atoms with Gasteiger partial charge in [-0.25, -0.2) is 14.2 Å². The number of halogens is 1. The summed E-state index contributed by atoms with van der Waals surface area (Å²) in [5.41, 5.74) is 1.41. The SMILES string of the molecule is Cc1c(C#N)c(NC(=O)Cn2cnc3c2c(=O)n(C)c(=O)n3C)n(-c2ccc(F)cc2)c1C. The van der Waals surface area contributed by atoms with Crippen LogP contribution in [0.15, 0.2) is 40.2 Å². The van der Waals surface area contributed by atoms with Crippen molar-refractivity contribution < 1.29 is 9.18 Å². The Balaban J connectivity index is 1.76. The second-order valence-corrected chi connectivity index (χ2v) is 7.66. The molecule has 0 bridgehead atoms. The predicted molar refractivity (Wildman–Crippen MR) is 119 cm³/mol. The maximum atomic E-state index is 13.4. The van der Waals surface area contributed by atoms with Gasteiger partial charge >= 0.3 is 5.69 Å². The zero-order valence-electron chi connectivity index (χ0n) is 18.4. The molecule has 11 heteroatoms. The maximum Gasteiger partial charge on any atom is 0.332 e. The van der Waals surface area contributed by atoms with E-state index in [2.05, 4.69) is 16.4 Å². The Morgan fingerprint density at radius 2 is 1.82 bits per heavy atom. The van der Waals surface area contributed by atoms with Crippen LogP contribution in [0.4, 0.5) is 10.2 Å². The van der Waals surface area contributed by atoms with E-state index < -0.39 is 23.0 Å². The zero-order chi connectivity index (χ0) is 24.0. The van der Waals surface area contributed by atoms with E-state index in [-0.39, 0.29) is 29.1 Å². The van der Waals surface area contributed by atoms with Crippen molar-refractivity contribution in [2.75, 3.05) is 5.32 Å². The molecule has 0 radical (unpaired) electrons. The van der Waals surface area contributed by atoms with Crippen molar-refractivity contribution in [3.05, 3.63) is 74.1 Å². The van der Waals surface area contributed by atoms with Crippen molar-refractivity contribution in [1.82, 2.24) is 23.3 Å². The van der Waals surface area contributed by atoms with Crippen LogP contribution in [0.5, 0.6) is 0 Å². The summed E-state index contributed by atoms with van der Waals surface area (Å²) in [7, 11) is 2.84. The fourth-order valence-corrected chi connectivity index (χ4v) is 3.82. The predicted octanol–water partition coefficient (Wildman–Crippen LogP) is 1.49. The molecule has 168 valence electrons. The highest BCUT2D eigenvalue weighted by atomic mass is 19.1. The molecule has 1 amide bonds. The highest BCUT2D eigenvalue weighted by molar-refractivity contribution is 5.93. The molecule has 0 aliphatic carbocycles. The summed E-state index contributed by atoms with van der Waals surface area (Å²) in [6.07, 6.45) is 1.31. The zero-order valence-corrected chi connectivity index (χ0v) is 18.4. The summed E-state index contributed by atoms with van der Waals surface area (Å²) in [5.74, 6) is -0.675. The number of nitrogens with one attached hydrogen (secondary N) is 1. The number of aromatic nitrogens is 5. The molecule has 10 nitrogen and oxygen atoms in total. The molecule has 4 aromatic rings. The van der Waals surface area contributed by atoms with Gasteiger partial charge in [0, 0.05) is 25.5 Å². The molecule has 0 unspecified atom stereocenters. The molecule has 0 aliphatic heterocycles. The highest BCUT2D eigenvalue weighted by Gasteiger charge is 2.22. The van der Waals surface area contributed by atoms with E-state index in [1.807, 2.05) is 0 Å². The number of rotatable bonds is 4. The van der Waals surface area contributed by atoms with Crippen LogP contribution in [0.2, 0.25) is 0 Å². The lowest BCUT2D eigenvalue weighted by Gasteiger charge is -2.14. The van der Waals surface area contributed by atoms with Gasteiger partial charge in [0.25, 0.3) is 5.56 Å². The molecule has 0 saturated heterocycles. The molecule has 0 atom stereocenters. The van der Waals surface area contributed by atoms with E-state index in [0.717, 1.165) is 4.57 Å². The lowest BCUT2D eigenvalue weighted by molar-refractivity contribution is -0.116. The number of hydrogen-bond donors (Lipinski definition) is 1. The van der Waals surface area contributed by atoms with Crippen molar-refractivity contribution in [2.45, 2.75) is 20.4 Å². The number of imidazole rings is 1. The number of benzene rings is 1. The van der Waals surface area contributed by atoms with E-state index >= 15 is 0 Å². The molecular formula is C22H20FN7O3. The lowest BCUT2D eigenvalue weighted by atomic mass is 10.2. The maximum absolute atomic E-state index is 13.4. The number of hydrogen-bond acceptors (Lipinski definition) is 5. The summed E-state index contributed by atoms with van der Waals surface area (Å²) in [6.45, 7) is 3.28. The number of nitriles is 1. The molecule has 0 aliphatic rings. The topological polar surface area (TPSA) is 120 Å². The number of nitrogens with zero attached hydrogens (tertiary/aromatic N) is 6. The molecule has 0 saturated carbocycles. The average molecular weight is 449 g/mol. The average Bonchev–Trinajstić information content (AvgIpc) is 3.30. The van der Waals surface area contributed by atoms with Crippen LogP contribution in [0.25, 0.3) is 16.9 Å². The largest absolute Gasteiger partial charge is 0.332 e. The van der Waals surface area contributed by atoms with Gasteiger partial charge in [0.2, 0.25) is 5.91 Å². The van der Waals surface area contributed by atoms with Gasteiger partial charge in [-0.05, 0) is 43.7 Å². The van der Waals surface area contributed by atoms with Crippen LogP contribution in [0, 0.1) is 31.0 Å². The minimum absolute atomic E-state index is 0.108. The van der Waals surface area contributed by atoms with Gasteiger partial charge in [0.1, 0.15) is 24.2 Å². The van der Waals surface area contributed by atoms with Crippen LogP contribution in [-0.4, -0.2) is 29.2 Å². The Morgan fingerprint density at radius 1 is 1.15 bits per heavy atom. The fourth-order valence-electron chi connectivity index (χ4n) is 3.82. The third kappa shape index (κ3) is 3.41. The molecule has 3 aromatic heterocycles. The van der Waals surface area contributed by atoms with E-state index in [1.165, 1.54) is 41.7 Å². The van der Waals surface area contributed by atoms with Crippen LogP contribution in [0.1, 0.15) is 16.8 Å².